The summed E-state index contributed by atoms with van der Waals surface area (Å²) >= 11 is 3.30. The Balaban J connectivity index is 2.16. The summed E-state index contributed by atoms with van der Waals surface area (Å²) in [6, 6.07) is 6.13. The second-order valence-corrected chi connectivity index (χ2v) is 4.89. The first-order chi connectivity index (χ1) is 10.0. The number of nitrogens with one attached hydrogen (secondary N) is 1. The van der Waals surface area contributed by atoms with E-state index in [9.17, 15) is 13.9 Å². The number of halogens is 3. The van der Waals surface area contributed by atoms with Gasteiger partial charge < -0.3 is 9.84 Å². The van der Waals surface area contributed by atoms with Crippen LogP contribution in [0.25, 0.3) is 0 Å². The smallest absolute Gasteiger partial charge is 0.161 e. The van der Waals surface area contributed by atoms with E-state index in [-0.39, 0.29) is 11.4 Å². The van der Waals surface area contributed by atoms with Gasteiger partial charge in [-0.3, -0.25) is 5.43 Å². The van der Waals surface area contributed by atoms with Gasteiger partial charge in [0, 0.05) is 16.1 Å². The number of hydrazone groups is 1. The fraction of sp³-hybridized carbons (Fsp3) is 0.0714. The molecule has 0 unspecified atom stereocenters. The van der Waals surface area contributed by atoms with E-state index in [1.807, 2.05) is 0 Å². The Kier molecular flexibility index (Phi) is 4.74. The molecule has 2 aromatic rings. The lowest BCUT2D eigenvalue weighted by molar-refractivity contribution is 0.373. The number of rotatable bonds is 4. The first-order valence-electron chi connectivity index (χ1n) is 5.82. The molecule has 0 amide bonds. The molecular formula is C14H11BrF2N2O2. The number of phenolic OH excluding ortho intramolecular Hbond substituents is 1. The Bertz CT molecular complexity index is 693. The second-order valence-electron chi connectivity index (χ2n) is 4.04. The van der Waals surface area contributed by atoms with Crippen LogP contribution in [0, 0.1) is 11.6 Å². The summed E-state index contributed by atoms with van der Waals surface area (Å²) in [6.45, 7) is 0. The third-order valence-corrected chi connectivity index (χ3v) is 3.30. The highest BCUT2D eigenvalue weighted by molar-refractivity contribution is 9.10. The van der Waals surface area contributed by atoms with Crippen molar-refractivity contribution in [3.63, 3.8) is 0 Å². The molecule has 2 rings (SSSR count). The van der Waals surface area contributed by atoms with Gasteiger partial charge in [0.15, 0.2) is 17.3 Å². The number of benzene rings is 2. The Morgan fingerprint density at radius 3 is 2.71 bits per heavy atom. The minimum atomic E-state index is -0.746. The van der Waals surface area contributed by atoms with E-state index in [4.69, 9.17) is 4.74 Å². The molecule has 0 aliphatic carbocycles. The molecule has 2 aromatic carbocycles. The zero-order chi connectivity index (χ0) is 15.4. The van der Waals surface area contributed by atoms with Crippen LogP contribution in [-0.2, 0) is 0 Å². The van der Waals surface area contributed by atoms with Crippen LogP contribution in [0.3, 0.4) is 0 Å². The van der Waals surface area contributed by atoms with Crippen LogP contribution in [0.5, 0.6) is 11.5 Å². The molecule has 0 radical (unpaired) electrons. The van der Waals surface area contributed by atoms with Gasteiger partial charge in [-0.25, -0.2) is 8.78 Å². The summed E-state index contributed by atoms with van der Waals surface area (Å²) in [4.78, 5) is 0. The van der Waals surface area contributed by atoms with Gasteiger partial charge in [0.1, 0.15) is 5.82 Å². The maximum Gasteiger partial charge on any atom is 0.161 e. The molecule has 0 saturated heterocycles. The standard InChI is InChI=1S/C14H11BrF2N2O2/c1-21-14-6-10(15)8(4-13(14)20)7-18-19-12-3-2-9(16)5-11(12)17/h2-7,19-20H,1H3/b18-7-. The monoisotopic (exact) mass is 356 g/mol. The van der Waals surface area contributed by atoms with Crippen molar-refractivity contribution >= 4 is 27.8 Å². The molecule has 2 N–H and O–H groups in total. The van der Waals surface area contributed by atoms with Crippen molar-refractivity contribution in [2.75, 3.05) is 12.5 Å². The zero-order valence-electron chi connectivity index (χ0n) is 10.9. The number of ether oxygens (including phenoxy) is 1. The Morgan fingerprint density at radius 1 is 1.29 bits per heavy atom. The maximum atomic E-state index is 13.4. The van der Waals surface area contributed by atoms with Crippen LogP contribution < -0.4 is 10.2 Å². The summed E-state index contributed by atoms with van der Waals surface area (Å²) < 4.78 is 31.7. The van der Waals surface area contributed by atoms with E-state index in [0.29, 0.717) is 15.8 Å². The highest BCUT2D eigenvalue weighted by atomic mass is 79.9. The Labute approximate surface area is 128 Å². The summed E-state index contributed by atoms with van der Waals surface area (Å²) in [5.41, 5.74) is 3.06. The van der Waals surface area contributed by atoms with E-state index in [1.54, 1.807) is 6.07 Å². The predicted molar refractivity (Wildman–Crippen MR) is 79.9 cm³/mol. The van der Waals surface area contributed by atoms with Crippen LogP contribution >= 0.6 is 15.9 Å². The van der Waals surface area contributed by atoms with Gasteiger partial charge in [-0.15, -0.1) is 0 Å². The number of aromatic hydroxyl groups is 1. The number of methoxy groups -OCH3 is 1. The molecule has 0 aliphatic rings. The minimum absolute atomic E-state index is 0.0431. The van der Waals surface area contributed by atoms with E-state index in [2.05, 4.69) is 26.5 Å². The zero-order valence-corrected chi connectivity index (χ0v) is 12.5. The average molecular weight is 357 g/mol. The predicted octanol–water partition coefficient (Wildman–Crippen LogP) is 3.89. The fourth-order valence-corrected chi connectivity index (χ4v) is 2.00. The van der Waals surface area contributed by atoms with Crippen molar-refractivity contribution in [2.24, 2.45) is 5.10 Å². The van der Waals surface area contributed by atoms with Gasteiger partial charge in [0.05, 0.1) is 19.0 Å². The molecule has 0 spiro atoms. The first-order valence-corrected chi connectivity index (χ1v) is 6.61. The SMILES string of the molecule is COc1cc(Br)c(/C=N\Nc2ccc(F)cc2F)cc1O. The van der Waals surface area contributed by atoms with Crippen molar-refractivity contribution in [1.29, 1.82) is 0 Å². The largest absolute Gasteiger partial charge is 0.504 e. The highest BCUT2D eigenvalue weighted by Crippen LogP contribution is 2.31. The molecule has 0 fully saturated rings. The molecule has 4 nitrogen and oxygen atoms in total. The lowest BCUT2D eigenvalue weighted by atomic mass is 10.2. The first kappa shape index (κ1) is 15.2. The third-order valence-electron chi connectivity index (χ3n) is 2.62. The van der Waals surface area contributed by atoms with Crippen LogP contribution in [0.1, 0.15) is 5.56 Å². The van der Waals surface area contributed by atoms with Crippen molar-refractivity contribution in [3.8, 4) is 11.5 Å². The average Bonchev–Trinajstić information content (AvgIpc) is 2.44. The Morgan fingerprint density at radius 2 is 2.05 bits per heavy atom. The molecule has 7 heteroatoms. The number of phenols is 1. The molecule has 0 aromatic heterocycles. The van der Waals surface area contributed by atoms with Gasteiger partial charge >= 0.3 is 0 Å². The molecule has 0 atom stereocenters. The number of hydrogen-bond acceptors (Lipinski definition) is 4. The molecule has 0 bridgehead atoms. The lowest BCUT2D eigenvalue weighted by Crippen LogP contribution is -1.95. The normalized spacial score (nSPS) is 10.9. The van der Waals surface area contributed by atoms with E-state index in [1.165, 1.54) is 25.5 Å². The van der Waals surface area contributed by atoms with Crippen LogP contribution in [-0.4, -0.2) is 18.4 Å². The van der Waals surface area contributed by atoms with Gasteiger partial charge in [-0.1, -0.05) is 0 Å². The number of hydrogen-bond donors (Lipinski definition) is 2. The molecular weight excluding hydrogens is 346 g/mol. The van der Waals surface area contributed by atoms with Crippen LogP contribution in [0.4, 0.5) is 14.5 Å². The van der Waals surface area contributed by atoms with Crippen molar-refractivity contribution in [1.82, 2.24) is 0 Å². The number of nitrogens with zero attached hydrogens (tertiary/aromatic N) is 1. The van der Waals surface area contributed by atoms with Gasteiger partial charge in [0.2, 0.25) is 0 Å². The number of anilines is 1. The van der Waals surface area contributed by atoms with E-state index < -0.39 is 11.6 Å². The molecule has 0 aliphatic heterocycles. The quantitative estimate of drug-likeness (QED) is 0.645. The van der Waals surface area contributed by atoms with Gasteiger partial charge in [-0.2, -0.15) is 5.10 Å². The van der Waals surface area contributed by atoms with Gasteiger partial charge in [-0.05, 0) is 40.2 Å². The Hall–Kier alpha value is -2.15. The van der Waals surface area contributed by atoms with Crippen molar-refractivity contribution in [3.05, 3.63) is 52.0 Å². The second kappa shape index (κ2) is 6.53. The summed E-state index contributed by atoms with van der Waals surface area (Å²) in [6.07, 6.45) is 1.38. The van der Waals surface area contributed by atoms with Crippen molar-refractivity contribution in [2.45, 2.75) is 0 Å². The third kappa shape index (κ3) is 3.69. The van der Waals surface area contributed by atoms with E-state index >= 15 is 0 Å². The fourth-order valence-electron chi connectivity index (χ4n) is 1.57. The minimum Gasteiger partial charge on any atom is -0.504 e. The maximum absolute atomic E-state index is 13.4. The van der Waals surface area contributed by atoms with Crippen LogP contribution in [0.2, 0.25) is 0 Å². The van der Waals surface area contributed by atoms with Crippen molar-refractivity contribution < 1.29 is 18.6 Å². The highest BCUT2D eigenvalue weighted by Gasteiger charge is 2.07. The molecule has 0 saturated carbocycles. The van der Waals surface area contributed by atoms with E-state index in [0.717, 1.165) is 12.1 Å². The van der Waals surface area contributed by atoms with Gasteiger partial charge in [0.25, 0.3) is 0 Å². The lowest BCUT2D eigenvalue weighted by Gasteiger charge is -2.06. The summed E-state index contributed by atoms with van der Waals surface area (Å²) in [7, 11) is 1.44. The topological polar surface area (TPSA) is 53.8 Å². The summed E-state index contributed by atoms with van der Waals surface area (Å²) in [5, 5.41) is 13.5. The summed E-state index contributed by atoms with van der Waals surface area (Å²) in [5.74, 6) is -1.14. The van der Waals surface area contributed by atoms with Crippen LogP contribution in [0.15, 0.2) is 39.9 Å². The molecule has 0 heterocycles. The molecule has 21 heavy (non-hydrogen) atoms. The molecule has 110 valence electrons.